The van der Waals surface area contributed by atoms with E-state index in [1.807, 2.05) is 19.1 Å². The second-order valence-electron chi connectivity index (χ2n) is 8.07. The number of fused-ring (bicyclic) bond motifs is 2. The van der Waals surface area contributed by atoms with E-state index in [4.69, 9.17) is 16.3 Å². The van der Waals surface area contributed by atoms with Gasteiger partial charge in [0.15, 0.2) is 5.78 Å². The number of piperidine rings is 1. The van der Waals surface area contributed by atoms with Gasteiger partial charge >= 0.3 is 0 Å². The third-order valence-electron chi connectivity index (χ3n) is 6.09. The number of amides is 1. The third-order valence-corrected chi connectivity index (χ3v) is 6.38. The Morgan fingerprint density at radius 1 is 1.27 bits per heavy atom. The van der Waals surface area contributed by atoms with E-state index < -0.39 is 11.4 Å². The zero-order valence-electron chi connectivity index (χ0n) is 16.3. The number of nitrogens with zero attached hydrogens (tertiary/aromatic N) is 2. The number of halogens is 2. The number of aryl methyl sites for hydroxylation is 1. The van der Waals surface area contributed by atoms with E-state index in [0.717, 1.165) is 22.5 Å². The van der Waals surface area contributed by atoms with Gasteiger partial charge < -0.3 is 9.64 Å². The topological polar surface area (TPSA) is 75.3 Å². The van der Waals surface area contributed by atoms with Crippen LogP contribution in [0.5, 0.6) is 5.75 Å². The maximum absolute atomic E-state index is 13.7. The zero-order chi connectivity index (χ0) is 21.0. The number of H-pyrrole nitrogens is 1. The van der Waals surface area contributed by atoms with Crippen molar-refractivity contribution in [3.8, 4) is 5.75 Å². The number of aromatic amines is 1. The normalized spacial score (nSPS) is 17.8. The van der Waals surface area contributed by atoms with Gasteiger partial charge in [-0.1, -0.05) is 11.6 Å². The van der Waals surface area contributed by atoms with Crippen LogP contribution in [0.1, 0.15) is 45.5 Å². The fourth-order valence-corrected chi connectivity index (χ4v) is 4.58. The molecular formula is C22H19ClFN3O3. The number of carbonyl (C=O) groups is 2. The summed E-state index contributed by atoms with van der Waals surface area (Å²) in [5, 5.41) is 7.80. The Labute approximate surface area is 177 Å². The van der Waals surface area contributed by atoms with E-state index in [-0.39, 0.29) is 28.7 Å². The number of ether oxygens (including phenoxy) is 1. The number of hydrogen-bond donors (Lipinski definition) is 1. The maximum Gasteiger partial charge on any atom is 0.253 e. The summed E-state index contributed by atoms with van der Waals surface area (Å²) in [7, 11) is 0. The summed E-state index contributed by atoms with van der Waals surface area (Å²) in [6.45, 7) is 2.88. The molecular weight excluding hydrogens is 409 g/mol. The number of aromatic nitrogens is 2. The van der Waals surface area contributed by atoms with Gasteiger partial charge in [-0.2, -0.15) is 5.10 Å². The smallest absolute Gasteiger partial charge is 0.253 e. The van der Waals surface area contributed by atoms with Crippen molar-refractivity contribution in [2.24, 2.45) is 0 Å². The first-order chi connectivity index (χ1) is 14.3. The highest BCUT2D eigenvalue weighted by Crippen LogP contribution is 2.41. The van der Waals surface area contributed by atoms with Crippen molar-refractivity contribution in [3.63, 3.8) is 0 Å². The minimum Gasteiger partial charge on any atom is -0.486 e. The predicted molar refractivity (Wildman–Crippen MR) is 110 cm³/mol. The van der Waals surface area contributed by atoms with Gasteiger partial charge in [0, 0.05) is 42.9 Å². The summed E-state index contributed by atoms with van der Waals surface area (Å²) in [6, 6.07) is 6.21. The number of hydrogen-bond acceptors (Lipinski definition) is 4. The fourth-order valence-electron chi connectivity index (χ4n) is 4.43. The van der Waals surface area contributed by atoms with Crippen LogP contribution < -0.4 is 4.74 Å². The molecule has 1 saturated heterocycles. The Morgan fingerprint density at radius 2 is 2.03 bits per heavy atom. The largest absolute Gasteiger partial charge is 0.486 e. The predicted octanol–water partition coefficient (Wildman–Crippen LogP) is 4.30. The van der Waals surface area contributed by atoms with Gasteiger partial charge in [-0.3, -0.25) is 14.7 Å². The zero-order valence-corrected chi connectivity index (χ0v) is 17.1. The van der Waals surface area contributed by atoms with Gasteiger partial charge in [0.25, 0.3) is 5.91 Å². The number of nitrogens with one attached hydrogen (secondary N) is 1. The number of ketones is 1. The molecule has 6 nitrogen and oxygen atoms in total. The van der Waals surface area contributed by atoms with Gasteiger partial charge in [-0.05, 0) is 30.7 Å². The number of carbonyl (C=O) groups excluding carboxylic acids is 2. The highest BCUT2D eigenvalue weighted by Gasteiger charge is 2.44. The Kier molecular flexibility index (Phi) is 4.32. The highest BCUT2D eigenvalue weighted by molar-refractivity contribution is 6.31. The third kappa shape index (κ3) is 3.04. The average Bonchev–Trinajstić information content (AvgIpc) is 3.19. The quantitative estimate of drug-likeness (QED) is 0.628. The molecule has 0 aliphatic carbocycles. The number of benzene rings is 2. The van der Waals surface area contributed by atoms with Crippen LogP contribution in [0, 0.1) is 12.7 Å². The Morgan fingerprint density at radius 3 is 2.80 bits per heavy atom. The van der Waals surface area contributed by atoms with Crippen molar-refractivity contribution < 1.29 is 18.7 Å². The second kappa shape index (κ2) is 6.80. The standard InChI is InChI=1S/C22H19ClFN3O3/c1-12-6-13(7-14-11-25-26-20(12)14)21(29)27-4-2-22(3-5-27)10-18(28)15-8-17(24)16(23)9-19(15)30-22/h6-9,11H,2-5,10H2,1H3,(H,25,26). The molecule has 1 fully saturated rings. The van der Waals surface area contributed by atoms with Gasteiger partial charge in [0.05, 0.1) is 28.7 Å². The number of likely N-dealkylation sites (tertiary alicyclic amines) is 1. The average molecular weight is 428 g/mol. The molecule has 0 bridgehead atoms. The fraction of sp³-hybridized carbons (Fsp3) is 0.318. The molecule has 2 aliphatic rings. The summed E-state index contributed by atoms with van der Waals surface area (Å²) in [6.07, 6.45) is 2.91. The summed E-state index contributed by atoms with van der Waals surface area (Å²) in [5.41, 5.74) is 2.04. The molecule has 2 aliphatic heterocycles. The SMILES string of the molecule is Cc1cc(C(=O)N2CCC3(CC2)CC(=O)c2cc(F)c(Cl)cc2O3)cc2cn[nH]c12. The minimum absolute atomic E-state index is 0.0521. The van der Waals surface area contributed by atoms with Crippen molar-refractivity contribution in [2.45, 2.75) is 31.8 Å². The van der Waals surface area contributed by atoms with Crippen LogP contribution in [0.25, 0.3) is 10.9 Å². The summed E-state index contributed by atoms with van der Waals surface area (Å²) < 4.78 is 19.9. The Bertz CT molecular complexity index is 1200. The molecule has 1 amide bonds. The lowest BCUT2D eigenvalue weighted by Gasteiger charge is -2.44. The lowest BCUT2D eigenvalue weighted by molar-refractivity contribution is -0.00578. The maximum atomic E-state index is 13.7. The lowest BCUT2D eigenvalue weighted by atomic mass is 9.82. The van der Waals surface area contributed by atoms with Crippen molar-refractivity contribution >= 4 is 34.2 Å². The van der Waals surface area contributed by atoms with Gasteiger partial charge in [0.2, 0.25) is 0 Å². The van der Waals surface area contributed by atoms with Gasteiger partial charge in [0.1, 0.15) is 17.2 Å². The summed E-state index contributed by atoms with van der Waals surface area (Å²) >= 11 is 5.87. The molecule has 3 heterocycles. The molecule has 0 atom stereocenters. The Balaban J connectivity index is 1.35. The van der Waals surface area contributed by atoms with Crippen molar-refractivity contribution in [1.29, 1.82) is 0 Å². The minimum atomic E-state index is -0.688. The molecule has 1 aromatic heterocycles. The van der Waals surface area contributed by atoms with Gasteiger partial charge in [-0.15, -0.1) is 0 Å². The van der Waals surface area contributed by atoms with Crippen LogP contribution in [-0.4, -0.2) is 45.5 Å². The number of rotatable bonds is 1. The van der Waals surface area contributed by atoms with E-state index in [1.165, 1.54) is 6.07 Å². The first kappa shape index (κ1) is 19.1. The number of Topliss-reactive ketones (excluding diaryl/α,β-unsaturated/α-hetero) is 1. The van der Waals surface area contributed by atoms with Crippen molar-refractivity contribution in [1.82, 2.24) is 15.1 Å². The molecule has 0 saturated carbocycles. The first-order valence-corrected chi connectivity index (χ1v) is 10.2. The van der Waals surface area contributed by atoms with Crippen LogP contribution in [0.15, 0.2) is 30.5 Å². The van der Waals surface area contributed by atoms with E-state index in [0.29, 0.717) is 37.2 Å². The summed E-state index contributed by atoms with van der Waals surface area (Å²) in [4.78, 5) is 27.5. The molecule has 1 N–H and O–H groups in total. The second-order valence-corrected chi connectivity index (χ2v) is 8.47. The molecule has 3 aromatic rings. The van der Waals surface area contributed by atoms with Crippen molar-refractivity contribution in [2.75, 3.05) is 13.1 Å². The molecule has 8 heteroatoms. The first-order valence-electron chi connectivity index (χ1n) is 9.79. The van der Waals surface area contributed by atoms with Crippen LogP contribution in [0.2, 0.25) is 5.02 Å². The molecule has 0 radical (unpaired) electrons. The highest BCUT2D eigenvalue weighted by atomic mass is 35.5. The molecule has 2 aromatic carbocycles. The van der Waals surface area contributed by atoms with Crippen LogP contribution in [-0.2, 0) is 0 Å². The molecule has 1 spiro atoms. The van der Waals surface area contributed by atoms with Crippen LogP contribution in [0.3, 0.4) is 0 Å². The molecule has 0 unspecified atom stereocenters. The summed E-state index contributed by atoms with van der Waals surface area (Å²) in [5.74, 6) is -0.525. The Hall–Kier alpha value is -2.93. The van der Waals surface area contributed by atoms with E-state index in [1.54, 1.807) is 11.1 Å². The van der Waals surface area contributed by atoms with Crippen LogP contribution >= 0.6 is 11.6 Å². The van der Waals surface area contributed by atoms with E-state index >= 15 is 0 Å². The lowest BCUT2D eigenvalue weighted by Crippen LogP contribution is -2.52. The molecule has 5 rings (SSSR count). The molecule has 30 heavy (non-hydrogen) atoms. The monoisotopic (exact) mass is 427 g/mol. The van der Waals surface area contributed by atoms with E-state index in [9.17, 15) is 14.0 Å². The van der Waals surface area contributed by atoms with Crippen molar-refractivity contribution in [3.05, 3.63) is 58.0 Å². The molecule has 154 valence electrons. The van der Waals surface area contributed by atoms with Gasteiger partial charge in [-0.25, -0.2) is 4.39 Å². The van der Waals surface area contributed by atoms with Crippen LogP contribution in [0.4, 0.5) is 4.39 Å². The van der Waals surface area contributed by atoms with E-state index in [2.05, 4.69) is 10.2 Å².